The van der Waals surface area contributed by atoms with Gasteiger partial charge in [0.1, 0.15) is 17.5 Å². The molecule has 25 heavy (non-hydrogen) atoms. The van der Waals surface area contributed by atoms with Crippen molar-refractivity contribution in [3.63, 3.8) is 0 Å². The standard InChI is InChI=1S/C20H20O5/c1-4-5-14-10-20(22-3)12(2)19(25-18(20)9-15(14)21)13-6-7-16-17(8-13)24-11-23-16/h4,6-10,12,19H,1,5,11H2,2-3H3/t12-,19-,20+/m0/s1. The van der Waals surface area contributed by atoms with Crippen LogP contribution in [-0.4, -0.2) is 25.3 Å². The van der Waals surface area contributed by atoms with Gasteiger partial charge < -0.3 is 18.9 Å². The Bertz CT molecular complexity index is 806. The van der Waals surface area contributed by atoms with Gasteiger partial charge in [-0.3, -0.25) is 4.79 Å². The van der Waals surface area contributed by atoms with Crippen molar-refractivity contribution in [1.82, 2.24) is 0 Å². The van der Waals surface area contributed by atoms with Gasteiger partial charge in [0.15, 0.2) is 17.3 Å². The monoisotopic (exact) mass is 340 g/mol. The zero-order valence-corrected chi connectivity index (χ0v) is 14.3. The number of ketones is 1. The third-order valence-electron chi connectivity index (χ3n) is 5.16. The zero-order valence-electron chi connectivity index (χ0n) is 14.3. The fourth-order valence-electron chi connectivity index (χ4n) is 3.78. The second-order valence-electron chi connectivity index (χ2n) is 6.47. The maximum absolute atomic E-state index is 12.3. The van der Waals surface area contributed by atoms with Crippen molar-refractivity contribution >= 4 is 5.78 Å². The maximum atomic E-state index is 12.3. The van der Waals surface area contributed by atoms with Crippen LogP contribution in [0.25, 0.3) is 0 Å². The van der Waals surface area contributed by atoms with E-state index in [1.54, 1.807) is 19.3 Å². The van der Waals surface area contributed by atoms with Crippen LogP contribution in [0.2, 0.25) is 0 Å². The average Bonchev–Trinajstić information content (AvgIpc) is 3.18. The number of hydrogen-bond acceptors (Lipinski definition) is 5. The molecule has 2 aliphatic heterocycles. The first-order valence-corrected chi connectivity index (χ1v) is 8.29. The van der Waals surface area contributed by atoms with Gasteiger partial charge in [-0.05, 0) is 30.2 Å². The molecule has 3 aliphatic rings. The van der Waals surface area contributed by atoms with E-state index in [0.717, 1.165) is 11.3 Å². The summed E-state index contributed by atoms with van der Waals surface area (Å²) >= 11 is 0. The Morgan fingerprint density at radius 1 is 1.36 bits per heavy atom. The third-order valence-corrected chi connectivity index (χ3v) is 5.16. The van der Waals surface area contributed by atoms with Crippen molar-refractivity contribution in [3.05, 3.63) is 59.9 Å². The molecule has 0 unspecified atom stereocenters. The lowest BCUT2D eigenvalue weighted by Gasteiger charge is -2.31. The van der Waals surface area contributed by atoms with Gasteiger partial charge in [0.05, 0.1) is 0 Å². The zero-order chi connectivity index (χ0) is 17.6. The first-order chi connectivity index (χ1) is 12.1. The molecule has 5 nitrogen and oxygen atoms in total. The SMILES string of the molecule is C=CCC1=C[C@]2(OC)C(=CC1=O)O[C@H](c1ccc3c(c1)OCO3)[C@@H]2C. The molecule has 0 N–H and O–H groups in total. The molecule has 1 aliphatic carbocycles. The molecule has 1 saturated heterocycles. The van der Waals surface area contributed by atoms with Crippen LogP contribution < -0.4 is 9.47 Å². The van der Waals surface area contributed by atoms with Gasteiger partial charge in [-0.25, -0.2) is 0 Å². The number of fused-ring (bicyclic) bond motifs is 2. The van der Waals surface area contributed by atoms with Crippen molar-refractivity contribution in [2.75, 3.05) is 13.9 Å². The van der Waals surface area contributed by atoms with Crippen molar-refractivity contribution in [3.8, 4) is 11.5 Å². The summed E-state index contributed by atoms with van der Waals surface area (Å²) in [5, 5.41) is 0. The summed E-state index contributed by atoms with van der Waals surface area (Å²) in [6, 6.07) is 5.78. The molecule has 0 spiro atoms. The molecule has 0 amide bonds. The van der Waals surface area contributed by atoms with Crippen molar-refractivity contribution in [1.29, 1.82) is 0 Å². The van der Waals surface area contributed by atoms with Crippen LogP contribution in [0.5, 0.6) is 11.5 Å². The highest BCUT2D eigenvalue weighted by Crippen LogP contribution is 2.52. The van der Waals surface area contributed by atoms with Gasteiger partial charge >= 0.3 is 0 Å². The summed E-state index contributed by atoms with van der Waals surface area (Å²) in [7, 11) is 1.65. The van der Waals surface area contributed by atoms with Gasteiger partial charge in [0.2, 0.25) is 6.79 Å². The van der Waals surface area contributed by atoms with Crippen LogP contribution >= 0.6 is 0 Å². The summed E-state index contributed by atoms with van der Waals surface area (Å²) in [6.45, 7) is 6.02. The number of benzene rings is 1. The van der Waals surface area contributed by atoms with Crippen molar-refractivity contribution in [2.24, 2.45) is 5.92 Å². The normalized spacial score (nSPS) is 29.6. The molecule has 3 atom stereocenters. The minimum absolute atomic E-state index is 0.0166. The molecule has 130 valence electrons. The molecular weight excluding hydrogens is 320 g/mol. The summed E-state index contributed by atoms with van der Waals surface area (Å²) in [5.41, 5.74) is 0.907. The number of carbonyl (C=O) groups is 1. The minimum Gasteiger partial charge on any atom is -0.486 e. The maximum Gasteiger partial charge on any atom is 0.231 e. The predicted molar refractivity (Wildman–Crippen MR) is 91.3 cm³/mol. The van der Waals surface area contributed by atoms with Gasteiger partial charge in [0, 0.05) is 24.7 Å². The largest absolute Gasteiger partial charge is 0.486 e. The van der Waals surface area contributed by atoms with E-state index in [0.29, 0.717) is 23.5 Å². The highest BCUT2D eigenvalue weighted by atomic mass is 16.7. The van der Waals surface area contributed by atoms with Gasteiger partial charge in [-0.1, -0.05) is 19.1 Å². The third kappa shape index (κ3) is 2.30. The highest BCUT2D eigenvalue weighted by Gasteiger charge is 2.53. The Labute approximate surface area is 146 Å². The molecule has 0 bridgehead atoms. The van der Waals surface area contributed by atoms with E-state index in [1.807, 2.05) is 24.3 Å². The molecule has 1 aromatic carbocycles. The van der Waals surface area contributed by atoms with Crippen LogP contribution in [0.3, 0.4) is 0 Å². The summed E-state index contributed by atoms with van der Waals surface area (Å²) in [5.74, 6) is 1.93. The topological polar surface area (TPSA) is 54.0 Å². The van der Waals surface area contributed by atoms with Crippen LogP contribution in [0.1, 0.15) is 25.0 Å². The lowest BCUT2D eigenvalue weighted by molar-refractivity contribution is -0.112. The van der Waals surface area contributed by atoms with E-state index in [2.05, 4.69) is 13.5 Å². The Balaban J connectivity index is 1.74. The van der Waals surface area contributed by atoms with Gasteiger partial charge in [0.25, 0.3) is 0 Å². The summed E-state index contributed by atoms with van der Waals surface area (Å²) < 4.78 is 22.9. The van der Waals surface area contributed by atoms with Crippen molar-refractivity contribution in [2.45, 2.75) is 25.0 Å². The van der Waals surface area contributed by atoms with Crippen LogP contribution in [0, 0.1) is 5.92 Å². The van der Waals surface area contributed by atoms with E-state index in [-0.39, 0.29) is 24.6 Å². The molecule has 5 heteroatoms. The number of methoxy groups -OCH3 is 1. The molecular formula is C20H20O5. The smallest absolute Gasteiger partial charge is 0.231 e. The van der Waals surface area contributed by atoms with Crippen molar-refractivity contribution < 1.29 is 23.7 Å². The van der Waals surface area contributed by atoms with E-state index in [4.69, 9.17) is 18.9 Å². The average molecular weight is 340 g/mol. The Hall–Kier alpha value is -2.53. The Kier molecular flexibility index (Phi) is 3.69. The lowest BCUT2D eigenvalue weighted by Crippen LogP contribution is -2.38. The molecule has 0 aromatic heterocycles. The molecule has 1 fully saturated rings. The predicted octanol–water partition coefficient (Wildman–Crippen LogP) is 3.48. The van der Waals surface area contributed by atoms with E-state index in [9.17, 15) is 4.79 Å². The first kappa shape index (κ1) is 16.0. The molecule has 1 aromatic rings. The second kappa shape index (κ2) is 5.77. The van der Waals surface area contributed by atoms with Gasteiger partial charge in [-0.15, -0.1) is 6.58 Å². The highest BCUT2D eigenvalue weighted by molar-refractivity contribution is 6.06. The number of hydrogen-bond donors (Lipinski definition) is 0. The molecule has 0 radical (unpaired) electrons. The number of rotatable bonds is 4. The minimum atomic E-state index is -0.743. The van der Waals surface area contributed by atoms with Crippen LogP contribution in [0.15, 0.2) is 54.3 Å². The van der Waals surface area contributed by atoms with E-state index >= 15 is 0 Å². The summed E-state index contributed by atoms with van der Waals surface area (Å²) in [6.07, 6.45) is 5.43. The van der Waals surface area contributed by atoms with Crippen LogP contribution in [0.4, 0.5) is 0 Å². The number of carbonyl (C=O) groups excluding carboxylic acids is 1. The molecule has 0 saturated carbocycles. The molecule has 2 heterocycles. The fraction of sp³-hybridized carbons (Fsp3) is 0.350. The quantitative estimate of drug-likeness (QED) is 0.786. The second-order valence-corrected chi connectivity index (χ2v) is 6.47. The Morgan fingerprint density at radius 3 is 2.92 bits per heavy atom. The molecule has 4 rings (SSSR count). The number of allylic oxidation sites excluding steroid dienone is 3. The van der Waals surface area contributed by atoms with E-state index < -0.39 is 5.60 Å². The Morgan fingerprint density at radius 2 is 2.16 bits per heavy atom. The van der Waals surface area contributed by atoms with Crippen LogP contribution in [-0.2, 0) is 14.3 Å². The lowest BCUT2D eigenvalue weighted by atomic mass is 9.78. The first-order valence-electron chi connectivity index (χ1n) is 8.29. The van der Waals surface area contributed by atoms with Gasteiger partial charge in [-0.2, -0.15) is 0 Å². The number of ether oxygens (including phenoxy) is 4. The summed E-state index contributed by atoms with van der Waals surface area (Å²) in [4.78, 5) is 12.3. The fourth-order valence-corrected chi connectivity index (χ4v) is 3.78. The van der Waals surface area contributed by atoms with E-state index in [1.165, 1.54) is 0 Å².